The zero-order valence-corrected chi connectivity index (χ0v) is 17.9. The Morgan fingerprint density at radius 1 is 1.17 bits per heavy atom. The SMILES string of the molecule is Cc1onc([C@H](CC(C)C)NC(=O)OCc2ccccc2)c1C(=O)OC(C)(C)C. The lowest BCUT2D eigenvalue weighted by atomic mass is 9.98. The molecule has 2 rings (SSSR count). The molecule has 0 fully saturated rings. The largest absolute Gasteiger partial charge is 0.456 e. The Hall–Kier alpha value is -2.83. The Bertz CT molecular complexity index is 821. The molecule has 7 nitrogen and oxygen atoms in total. The molecule has 0 aliphatic rings. The van der Waals surface area contributed by atoms with Gasteiger partial charge in [0.25, 0.3) is 0 Å². The number of carbonyl (C=O) groups excluding carboxylic acids is 2. The van der Waals surface area contributed by atoms with Crippen LogP contribution in [0.5, 0.6) is 0 Å². The summed E-state index contributed by atoms with van der Waals surface area (Å²) < 4.78 is 16.1. The van der Waals surface area contributed by atoms with Crippen LogP contribution in [0.4, 0.5) is 4.79 Å². The number of carbonyl (C=O) groups is 2. The maximum absolute atomic E-state index is 12.7. The third kappa shape index (κ3) is 6.93. The molecule has 0 unspecified atom stereocenters. The Morgan fingerprint density at radius 2 is 1.83 bits per heavy atom. The van der Waals surface area contributed by atoms with Crippen LogP contribution >= 0.6 is 0 Å². The second-order valence-electron chi connectivity index (χ2n) is 8.39. The van der Waals surface area contributed by atoms with E-state index >= 15 is 0 Å². The quantitative estimate of drug-likeness (QED) is 0.659. The summed E-state index contributed by atoms with van der Waals surface area (Å²) in [5.74, 6) is 0.0554. The topological polar surface area (TPSA) is 90.7 Å². The molecule has 0 aliphatic heterocycles. The highest BCUT2D eigenvalue weighted by Gasteiger charge is 2.31. The second kappa shape index (κ2) is 9.58. The monoisotopic (exact) mass is 402 g/mol. The third-order valence-electron chi connectivity index (χ3n) is 4.03. The lowest BCUT2D eigenvalue weighted by Crippen LogP contribution is -2.32. The first-order valence-corrected chi connectivity index (χ1v) is 9.73. The van der Waals surface area contributed by atoms with Crippen LogP contribution in [0.3, 0.4) is 0 Å². The molecule has 1 heterocycles. The molecule has 0 radical (unpaired) electrons. The number of nitrogens with one attached hydrogen (secondary N) is 1. The number of alkyl carbamates (subject to hydrolysis) is 1. The number of nitrogens with zero attached hydrogens (tertiary/aromatic N) is 1. The van der Waals surface area contributed by atoms with Crippen molar-refractivity contribution in [1.29, 1.82) is 0 Å². The van der Waals surface area contributed by atoms with Crippen LogP contribution in [0.15, 0.2) is 34.9 Å². The number of aromatic nitrogens is 1. The van der Waals surface area contributed by atoms with Gasteiger partial charge in [-0.2, -0.15) is 0 Å². The average Bonchev–Trinajstić information content (AvgIpc) is 3.00. The fourth-order valence-corrected chi connectivity index (χ4v) is 2.82. The van der Waals surface area contributed by atoms with E-state index in [1.165, 1.54) is 0 Å². The average molecular weight is 402 g/mol. The second-order valence-corrected chi connectivity index (χ2v) is 8.39. The van der Waals surface area contributed by atoms with Crippen molar-refractivity contribution in [3.8, 4) is 0 Å². The van der Waals surface area contributed by atoms with Gasteiger partial charge in [0.15, 0.2) is 0 Å². The zero-order valence-electron chi connectivity index (χ0n) is 17.9. The molecule has 1 aromatic carbocycles. The maximum Gasteiger partial charge on any atom is 0.408 e. The normalized spacial score (nSPS) is 12.5. The Kier molecular flexibility index (Phi) is 7.42. The minimum Gasteiger partial charge on any atom is -0.456 e. The van der Waals surface area contributed by atoms with E-state index in [-0.39, 0.29) is 18.1 Å². The van der Waals surface area contributed by atoms with E-state index in [0.29, 0.717) is 17.9 Å². The van der Waals surface area contributed by atoms with E-state index in [2.05, 4.69) is 10.5 Å². The molecular formula is C22H30N2O5. The first kappa shape index (κ1) is 22.5. The first-order chi connectivity index (χ1) is 13.6. The van der Waals surface area contributed by atoms with Crippen LogP contribution in [0, 0.1) is 12.8 Å². The summed E-state index contributed by atoms with van der Waals surface area (Å²) in [6, 6.07) is 8.86. The molecule has 0 spiro atoms. The molecule has 0 aliphatic carbocycles. The number of benzene rings is 1. The zero-order chi connectivity index (χ0) is 21.6. The van der Waals surface area contributed by atoms with Gasteiger partial charge in [-0.15, -0.1) is 0 Å². The number of aryl methyl sites for hydroxylation is 1. The molecule has 1 amide bonds. The highest BCUT2D eigenvalue weighted by atomic mass is 16.6. The van der Waals surface area contributed by atoms with Crippen LogP contribution in [0.1, 0.15) is 74.5 Å². The van der Waals surface area contributed by atoms with Crippen LogP contribution in [-0.4, -0.2) is 22.8 Å². The van der Waals surface area contributed by atoms with E-state index in [9.17, 15) is 9.59 Å². The van der Waals surface area contributed by atoms with Crippen molar-refractivity contribution in [3.63, 3.8) is 0 Å². The molecule has 0 saturated carbocycles. The van der Waals surface area contributed by atoms with Crippen molar-refractivity contribution in [2.75, 3.05) is 0 Å². The van der Waals surface area contributed by atoms with Gasteiger partial charge in [0, 0.05) is 0 Å². The molecule has 1 N–H and O–H groups in total. The molecule has 7 heteroatoms. The van der Waals surface area contributed by atoms with E-state index < -0.39 is 23.7 Å². The molecule has 29 heavy (non-hydrogen) atoms. The van der Waals surface area contributed by atoms with Gasteiger partial charge < -0.3 is 19.3 Å². The number of esters is 1. The summed E-state index contributed by atoms with van der Waals surface area (Å²) in [5.41, 5.74) is 0.819. The number of rotatable bonds is 7. The molecule has 1 aromatic heterocycles. The summed E-state index contributed by atoms with van der Waals surface area (Å²) in [6.07, 6.45) is -0.0299. The van der Waals surface area contributed by atoms with Gasteiger partial charge in [-0.3, -0.25) is 0 Å². The van der Waals surface area contributed by atoms with Gasteiger partial charge in [0.1, 0.15) is 29.2 Å². The summed E-state index contributed by atoms with van der Waals surface area (Å²) >= 11 is 0. The summed E-state index contributed by atoms with van der Waals surface area (Å²) in [7, 11) is 0. The molecule has 0 bridgehead atoms. The number of hydrogen-bond donors (Lipinski definition) is 1. The number of hydrogen-bond acceptors (Lipinski definition) is 6. The standard InChI is InChI=1S/C22H30N2O5/c1-14(2)12-17(23-21(26)27-13-16-10-8-7-9-11-16)19-18(15(3)29-24-19)20(25)28-22(4,5)6/h7-11,14,17H,12-13H2,1-6H3,(H,23,26)/t17-/m0/s1. The van der Waals surface area contributed by atoms with Crippen molar-refractivity contribution < 1.29 is 23.6 Å². The van der Waals surface area contributed by atoms with Crippen molar-refractivity contribution >= 4 is 12.1 Å². The van der Waals surface area contributed by atoms with E-state index in [1.807, 2.05) is 44.2 Å². The molecule has 1 atom stereocenters. The summed E-state index contributed by atoms with van der Waals surface area (Å²) in [5, 5.41) is 6.86. The van der Waals surface area contributed by atoms with Crippen LogP contribution < -0.4 is 5.32 Å². The Morgan fingerprint density at radius 3 is 2.41 bits per heavy atom. The number of amides is 1. The van der Waals surface area contributed by atoms with Gasteiger partial charge >= 0.3 is 12.1 Å². The Balaban J connectivity index is 2.17. The van der Waals surface area contributed by atoms with Gasteiger partial charge in [-0.25, -0.2) is 9.59 Å². The lowest BCUT2D eigenvalue weighted by molar-refractivity contribution is 0.00654. The van der Waals surface area contributed by atoms with E-state index in [1.54, 1.807) is 27.7 Å². The highest BCUT2D eigenvalue weighted by Crippen LogP contribution is 2.28. The third-order valence-corrected chi connectivity index (χ3v) is 4.03. The fourth-order valence-electron chi connectivity index (χ4n) is 2.82. The smallest absolute Gasteiger partial charge is 0.408 e. The minimum absolute atomic E-state index is 0.151. The van der Waals surface area contributed by atoms with E-state index in [4.69, 9.17) is 14.0 Å². The Labute approximate surface area is 171 Å². The first-order valence-electron chi connectivity index (χ1n) is 9.73. The van der Waals surface area contributed by atoms with Gasteiger partial charge in [-0.1, -0.05) is 49.3 Å². The molecular weight excluding hydrogens is 372 g/mol. The highest BCUT2D eigenvalue weighted by molar-refractivity contribution is 5.92. The number of ether oxygens (including phenoxy) is 2. The van der Waals surface area contributed by atoms with Gasteiger partial charge in [0.2, 0.25) is 0 Å². The van der Waals surface area contributed by atoms with Crippen molar-refractivity contribution in [3.05, 3.63) is 52.9 Å². The van der Waals surface area contributed by atoms with Crippen molar-refractivity contribution in [2.24, 2.45) is 5.92 Å². The summed E-state index contributed by atoms with van der Waals surface area (Å²) in [4.78, 5) is 25.1. The van der Waals surface area contributed by atoms with Gasteiger partial charge in [0.05, 0.1) is 6.04 Å². The van der Waals surface area contributed by atoms with Crippen molar-refractivity contribution in [2.45, 2.75) is 66.2 Å². The van der Waals surface area contributed by atoms with E-state index in [0.717, 1.165) is 5.56 Å². The van der Waals surface area contributed by atoms with Crippen LogP contribution in [-0.2, 0) is 16.1 Å². The lowest BCUT2D eigenvalue weighted by Gasteiger charge is -2.22. The van der Waals surface area contributed by atoms with Crippen LogP contribution in [0.25, 0.3) is 0 Å². The summed E-state index contributed by atoms with van der Waals surface area (Å²) in [6.45, 7) is 11.2. The van der Waals surface area contributed by atoms with Crippen molar-refractivity contribution in [1.82, 2.24) is 10.5 Å². The molecule has 0 saturated heterocycles. The molecule has 158 valence electrons. The van der Waals surface area contributed by atoms with Gasteiger partial charge in [-0.05, 0) is 45.6 Å². The molecule has 2 aromatic rings. The maximum atomic E-state index is 12.7. The predicted octanol–water partition coefficient (Wildman–Crippen LogP) is 4.95. The predicted molar refractivity (Wildman–Crippen MR) is 108 cm³/mol. The fraction of sp³-hybridized carbons (Fsp3) is 0.500. The van der Waals surface area contributed by atoms with Crippen LogP contribution in [0.2, 0.25) is 0 Å². The minimum atomic E-state index is -0.659.